The van der Waals surface area contributed by atoms with Crippen LogP contribution in [0.4, 0.5) is 5.69 Å². The number of carboxylic acid groups (broad SMARTS) is 1. The van der Waals surface area contributed by atoms with Gasteiger partial charge in [0.05, 0.1) is 16.7 Å². The van der Waals surface area contributed by atoms with Crippen molar-refractivity contribution in [3.8, 4) is 11.5 Å². The highest BCUT2D eigenvalue weighted by atomic mass is 16.5. The summed E-state index contributed by atoms with van der Waals surface area (Å²) in [5.41, 5.74) is 1.73. The van der Waals surface area contributed by atoms with Crippen molar-refractivity contribution >= 4 is 39.8 Å². The zero-order chi connectivity index (χ0) is 38.0. The molecule has 0 radical (unpaired) electrons. The fraction of sp³-hybridized carbons (Fsp3) is 0.435. The number of nitrogens with zero attached hydrogens (tertiary/aromatic N) is 3. The first kappa shape index (κ1) is 38.9. The van der Waals surface area contributed by atoms with Gasteiger partial charge in [0.25, 0.3) is 0 Å². The lowest BCUT2D eigenvalue weighted by Gasteiger charge is -2.44. The molecule has 0 saturated carbocycles. The van der Waals surface area contributed by atoms with Crippen LogP contribution in [0, 0.1) is 5.92 Å². The van der Waals surface area contributed by atoms with Gasteiger partial charge < -0.3 is 24.0 Å². The first-order chi connectivity index (χ1) is 26.3. The van der Waals surface area contributed by atoms with Gasteiger partial charge in [-0.05, 0) is 50.0 Å². The minimum absolute atomic E-state index is 0.425. The van der Waals surface area contributed by atoms with E-state index in [4.69, 9.17) is 19.1 Å². The maximum atomic E-state index is 13.5. The summed E-state index contributed by atoms with van der Waals surface area (Å²) in [6.45, 7) is 2.15. The van der Waals surface area contributed by atoms with Crippen molar-refractivity contribution in [2.45, 2.75) is 108 Å². The fourth-order valence-corrected chi connectivity index (χ4v) is 7.83. The molecule has 8 nitrogen and oxygen atoms in total. The maximum absolute atomic E-state index is 13.5. The predicted molar refractivity (Wildman–Crippen MR) is 218 cm³/mol. The molecule has 0 saturated heterocycles. The van der Waals surface area contributed by atoms with E-state index in [1.807, 2.05) is 91.8 Å². The number of aliphatic carboxylic acids is 1. The molecule has 3 atom stereocenters. The highest BCUT2D eigenvalue weighted by Gasteiger charge is 2.50. The molecule has 4 aliphatic rings. The number of aldehydes is 1. The number of allylic oxidation sites excluding steroid dienone is 3. The standard InChI is InChI=1S/C46H55N3O5/c1-4-5-26-45(27-17-13-18-28-45)54-46(44(51)52)29-25-35(31-34(46)20-14-11-9-7-6-8-10-12-19-30-50)47-40-33-42-43(38-22-16-15-21-37(38)40)48-39-24-23-36(49(2)3)32-41(39)53-42/h13,15-18,21-25,27,29-34H,4-12,14,19-20,26,28H2,1-3H3,(H,51,52). The second-order valence-electron chi connectivity index (χ2n) is 15.1. The topological polar surface area (TPSA) is 105 Å². The van der Waals surface area contributed by atoms with Crippen LogP contribution in [-0.2, 0) is 14.3 Å². The Kier molecular flexibility index (Phi) is 13.0. The molecule has 0 fully saturated rings. The molecule has 3 aliphatic carbocycles. The van der Waals surface area contributed by atoms with Crippen LogP contribution in [0.3, 0.4) is 0 Å². The van der Waals surface area contributed by atoms with Crippen LogP contribution in [0.25, 0.3) is 33.3 Å². The Morgan fingerprint density at radius 3 is 2.44 bits per heavy atom. The molecule has 54 heavy (non-hydrogen) atoms. The number of carbonyl (C=O) groups is 2. The lowest BCUT2D eigenvalue weighted by Crippen LogP contribution is -2.53. The van der Waals surface area contributed by atoms with E-state index in [0.29, 0.717) is 36.3 Å². The van der Waals surface area contributed by atoms with Crippen molar-refractivity contribution < 1.29 is 23.8 Å². The van der Waals surface area contributed by atoms with Crippen molar-refractivity contribution in [3.63, 3.8) is 0 Å². The minimum Gasteiger partial charge on any atom is -0.479 e. The summed E-state index contributed by atoms with van der Waals surface area (Å²) < 4.78 is 13.5. The molecule has 2 aromatic rings. The molecule has 0 bridgehead atoms. The van der Waals surface area contributed by atoms with Crippen molar-refractivity contribution in [1.82, 2.24) is 4.98 Å². The van der Waals surface area contributed by atoms with Gasteiger partial charge in [-0.25, -0.2) is 14.8 Å². The summed E-state index contributed by atoms with van der Waals surface area (Å²) in [4.78, 5) is 36.4. The number of hydrogen-bond donors (Lipinski definition) is 1. The number of hydrogen-bond acceptors (Lipinski definition) is 7. The van der Waals surface area contributed by atoms with E-state index in [-0.39, 0.29) is 0 Å². The number of rotatable bonds is 19. The van der Waals surface area contributed by atoms with Crippen molar-refractivity contribution in [2.75, 3.05) is 19.0 Å². The van der Waals surface area contributed by atoms with Crippen LogP contribution in [0.1, 0.15) is 96.8 Å². The normalized spacial score (nSPS) is 21.3. The third-order valence-electron chi connectivity index (χ3n) is 10.9. The van der Waals surface area contributed by atoms with Gasteiger partial charge in [0.1, 0.15) is 17.5 Å². The van der Waals surface area contributed by atoms with Gasteiger partial charge in [0.2, 0.25) is 0 Å². The zero-order valence-electron chi connectivity index (χ0n) is 32.1. The van der Waals surface area contributed by atoms with Crippen molar-refractivity contribution in [3.05, 3.63) is 102 Å². The highest BCUT2D eigenvalue weighted by molar-refractivity contribution is 5.96. The Morgan fingerprint density at radius 2 is 1.74 bits per heavy atom. The third kappa shape index (κ3) is 8.92. The second-order valence-corrected chi connectivity index (χ2v) is 15.1. The van der Waals surface area contributed by atoms with E-state index in [9.17, 15) is 14.7 Å². The van der Waals surface area contributed by atoms with Gasteiger partial charge in [-0.1, -0.05) is 119 Å². The number of unbranched alkanes of at least 4 members (excludes halogenated alkanes) is 9. The molecule has 6 rings (SSSR count). The average Bonchev–Trinajstić information content (AvgIpc) is 3.18. The van der Waals surface area contributed by atoms with Gasteiger partial charge in [-0.2, -0.15) is 0 Å². The molecule has 0 spiro atoms. The average molecular weight is 730 g/mol. The number of ether oxygens (including phenoxy) is 1. The number of carbonyl (C=O) groups excluding carboxylic acids is 1. The molecule has 8 heteroatoms. The van der Waals surface area contributed by atoms with Gasteiger partial charge in [-0.3, -0.25) is 0 Å². The monoisotopic (exact) mass is 729 g/mol. The predicted octanol–water partition coefficient (Wildman–Crippen LogP) is 10.5. The molecule has 1 aliphatic heterocycles. The second kappa shape index (κ2) is 18.0. The Labute approximate surface area is 319 Å². The van der Waals surface area contributed by atoms with Gasteiger partial charge in [0.15, 0.2) is 16.9 Å². The Hall–Kier alpha value is -4.82. The lowest BCUT2D eigenvalue weighted by molar-refractivity contribution is -0.183. The number of fused-ring (bicyclic) bond motifs is 4. The summed E-state index contributed by atoms with van der Waals surface area (Å²) in [5.74, 6) is -0.765. The number of anilines is 1. The number of benzene rings is 3. The SMILES string of the molecule is CCCCC1(OC2(C(=O)O)C=CC(N=c3cc4oc5cc(N(C)C)ccc5nc-4c4ccccc34)=CC2CCCCCCCCCCC=O)C=CC=CC1. The summed E-state index contributed by atoms with van der Waals surface area (Å²) in [5, 5.41) is 13.7. The largest absolute Gasteiger partial charge is 0.479 e. The molecule has 0 amide bonds. The van der Waals surface area contributed by atoms with Gasteiger partial charge in [-0.15, -0.1) is 0 Å². The first-order valence-corrected chi connectivity index (χ1v) is 19.9. The summed E-state index contributed by atoms with van der Waals surface area (Å²) >= 11 is 0. The molecule has 3 unspecified atom stereocenters. The summed E-state index contributed by atoms with van der Waals surface area (Å²) in [6.07, 6.45) is 27.9. The number of aromatic nitrogens is 1. The Bertz CT molecular complexity index is 2090. The van der Waals surface area contributed by atoms with Crippen LogP contribution in [-0.4, -0.2) is 47.6 Å². The fourth-order valence-electron chi connectivity index (χ4n) is 7.83. The van der Waals surface area contributed by atoms with E-state index in [0.717, 1.165) is 110 Å². The highest BCUT2D eigenvalue weighted by Crippen LogP contribution is 2.42. The maximum Gasteiger partial charge on any atom is 0.340 e. The van der Waals surface area contributed by atoms with Crippen molar-refractivity contribution in [2.24, 2.45) is 10.9 Å². The number of carboxylic acids is 1. The zero-order valence-corrected chi connectivity index (χ0v) is 32.1. The molecule has 284 valence electrons. The molecular weight excluding hydrogens is 675 g/mol. The van der Waals surface area contributed by atoms with Gasteiger partial charge >= 0.3 is 5.97 Å². The van der Waals surface area contributed by atoms with E-state index in [2.05, 4.69) is 19.1 Å². The third-order valence-corrected chi connectivity index (χ3v) is 10.9. The lowest BCUT2D eigenvalue weighted by atomic mass is 9.77. The van der Waals surface area contributed by atoms with Crippen LogP contribution in [0.5, 0.6) is 0 Å². The van der Waals surface area contributed by atoms with Crippen molar-refractivity contribution in [1.29, 1.82) is 0 Å². The quantitative estimate of drug-likeness (QED) is 0.0443. The van der Waals surface area contributed by atoms with Crippen LogP contribution in [0.2, 0.25) is 0 Å². The molecule has 0 aromatic heterocycles. The van der Waals surface area contributed by atoms with E-state index in [1.54, 1.807) is 6.08 Å². The van der Waals surface area contributed by atoms with E-state index >= 15 is 0 Å². The van der Waals surface area contributed by atoms with Crippen LogP contribution < -0.4 is 10.3 Å². The smallest absolute Gasteiger partial charge is 0.340 e. The summed E-state index contributed by atoms with van der Waals surface area (Å²) in [6, 6.07) is 16.1. The van der Waals surface area contributed by atoms with E-state index in [1.165, 1.54) is 0 Å². The first-order valence-electron chi connectivity index (χ1n) is 19.9. The minimum atomic E-state index is -1.53. The molecule has 1 heterocycles. The summed E-state index contributed by atoms with van der Waals surface area (Å²) in [7, 11) is 4.00. The Balaban J connectivity index is 1.35. The molecule has 1 N–H and O–H groups in total. The Morgan fingerprint density at radius 1 is 0.981 bits per heavy atom. The van der Waals surface area contributed by atoms with Crippen LogP contribution >= 0.6 is 0 Å². The van der Waals surface area contributed by atoms with Gasteiger partial charge in [0, 0.05) is 55.0 Å². The van der Waals surface area contributed by atoms with E-state index < -0.39 is 23.1 Å². The molecule has 2 aromatic carbocycles. The molecular formula is C46H55N3O5. The van der Waals surface area contributed by atoms with Crippen LogP contribution in [0.15, 0.2) is 106 Å².